The molecule has 20 heavy (non-hydrogen) atoms. The molecule has 4 atom stereocenters. The van der Waals surface area contributed by atoms with Crippen molar-refractivity contribution in [3.05, 3.63) is 23.8 Å². The minimum atomic E-state index is -0.674. The molecule has 1 aromatic rings. The zero-order valence-corrected chi connectivity index (χ0v) is 11.0. The Morgan fingerprint density at radius 3 is 2.95 bits per heavy atom. The number of hydrogen-bond donors (Lipinski definition) is 2. The van der Waals surface area contributed by atoms with Crippen molar-refractivity contribution in [3.63, 3.8) is 0 Å². The second kappa shape index (κ2) is 4.12. The van der Waals surface area contributed by atoms with Gasteiger partial charge in [-0.05, 0) is 31.4 Å². The number of aromatic hydroxyl groups is 1. The van der Waals surface area contributed by atoms with Crippen molar-refractivity contribution >= 4 is 5.97 Å². The summed E-state index contributed by atoms with van der Waals surface area (Å²) in [5.41, 5.74) is 1.07. The first kappa shape index (κ1) is 12.0. The van der Waals surface area contributed by atoms with Gasteiger partial charge in [0, 0.05) is 23.7 Å². The Bertz CT molecular complexity index is 573. The average Bonchev–Trinajstić information content (AvgIpc) is 3.08. The molecular weight excluding hydrogens is 258 g/mol. The predicted octanol–water partition coefficient (Wildman–Crippen LogP) is 1.76. The summed E-state index contributed by atoms with van der Waals surface area (Å²) < 4.78 is 5.68. The lowest BCUT2D eigenvalue weighted by Gasteiger charge is -2.28. The van der Waals surface area contributed by atoms with Gasteiger partial charge in [-0.3, -0.25) is 9.69 Å². The second-order valence-corrected chi connectivity index (χ2v) is 5.98. The normalized spacial score (nSPS) is 35.0. The summed E-state index contributed by atoms with van der Waals surface area (Å²) in [5, 5.41) is 18.8. The van der Waals surface area contributed by atoms with Gasteiger partial charge in [0.05, 0.1) is 12.0 Å². The minimum absolute atomic E-state index is 0.130. The number of hydrogen-bond acceptors (Lipinski definition) is 4. The summed E-state index contributed by atoms with van der Waals surface area (Å²) in [5.74, 6) is 0.0207. The highest BCUT2D eigenvalue weighted by atomic mass is 16.5. The number of ether oxygens (including phenoxy) is 1. The molecule has 4 unspecified atom stereocenters. The van der Waals surface area contributed by atoms with E-state index in [4.69, 9.17) is 4.74 Å². The van der Waals surface area contributed by atoms with Crippen LogP contribution in [0, 0.1) is 5.92 Å². The van der Waals surface area contributed by atoms with Crippen molar-refractivity contribution in [2.45, 2.75) is 37.4 Å². The van der Waals surface area contributed by atoms with Crippen molar-refractivity contribution in [1.82, 2.24) is 4.90 Å². The van der Waals surface area contributed by atoms with E-state index in [-0.39, 0.29) is 23.8 Å². The Morgan fingerprint density at radius 2 is 2.20 bits per heavy atom. The van der Waals surface area contributed by atoms with Gasteiger partial charge < -0.3 is 14.9 Å². The zero-order valence-electron chi connectivity index (χ0n) is 11.0. The maximum atomic E-state index is 11.4. The van der Waals surface area contributed by atoms with Gasteiger partial charge in [0.25, 0.3) is 0 Å². The third-order valence-electron chi connectivity index (χ3n) is 5.02. The first-order valence-corrected chi connectivity index (χ1v) is 7.11. The van der Waals surface area contributed by atoms with Crippen LogP contribution in [0.5, 0.6) is 11.5 Å². The Hall–Kier alpha value is -1.75. The van der Waals surface area contributed by atoms with E-state index >= 15 is 0 Å². The highest BCUT2D eigenvalue weighted by Gasteiger charge is 2.53. The second-order valence-electron chi connectivity index (χ2n) is 5.98. The van der Waals surface area contributed by atoms with E-state index in [1.54, 1.807) is 12.1 Å². The quantitative estimate of drug-likeness (QED) is 0.860. The smallest absolute Gasteiger partial charge is 0.308 e. The Balaban J connectivity index is 1.66. The van der Waals surface area contributed by atoms with Gasteiger partial charge in [0.1, 0.15) is 18.1 Å². The molecule has 0 saturated carbocycles. The van der Waals surface area contributed by atoms with Gasteiger partial charge in [-0.15, -0.1) is 0 Å². The Morgan fingerprint density at radius 1 is 1.35 bits per heavy atom. The number of nitrogens with zero attached hydrogens (tertiary/aromatic N) is 1. The van der Waals surface area contributed by atoms with Crippen LogP contribution in [-0.4, -0.2) is 39.8 Å². The van der Waals surface area contributed by atoms with Crippen LogP contribution in [0.4, 0.5) is 0 Å². The molecule has 0 radical (unpaired) electrons. The number of phenolic OH excluding ortho intramolecular Hbond substituents is 1. The molecule has 2 bridgehead atoms. The molecule has 3 aliphatic heterocycles. The van der Waals surface area contributed by atoms with Crippen molar-refractivity contribution in [1.29, 1.82) is 0 Å². The molecule has 106 valence electrons. The predicted molar refractivity (Wildman–Crippen MR) is 70.7 cm³/mol. The standard InChI is InChI=1S/C15H17NO4/c17-9-2-3-10-13(7-20-14(10)6-9)16-8-1-4-12(16)11(5-8)15(18)19/h2-3,6,8,11-13,17H,1,4-5,7H2,(H,18,19). The van der Waals surface area contributed by atoms with E-state index in [1.807, 2.05) is 6.07 Å². The van der Waals surface area contributed by atoms with Crippen LogP contribution >= 0.6 is 0 Å². The number of carboxylic acids is 1. The summed E-state index contributed by atoms with van der Waals surface area (Å²) in [7, 11) is 0. The molecular formula is C15H17NO4. The van der Waals surface area contributed by atoms with Gasteiger partial charge in [-0.25, -0.2) is 0 Å². The van der Waals surface area contributed by atoms with Crippen molar-refractivity contribution < 1.29 is 19.7 Å². The van der Waals surface area contributed by atoms with Crippen molar-refractivity contribution in [2.75, 3.05) is 6.61 Å². The van der Waals surface area contributed by atoms with E-state index in [2.05, 4.69) is 4.90 Å². The van der Waals surface area contributed by atoms with Crippen LogP contribution in [-0.2, 0) is 4.79 Å². The number of carbonyl (C=O) groups is 1. The lowest BCUT2D eigenvalue weighted by molar-refractivity contribution is -0.142. The Kier molecular flexibility index (Phi) is 2.48. The maximum absolute atomic E-state index is 11.4. The number of fused-ring (bicyclic) bond motifs is 3. The zero-order chi connectivity index (χ0) is 13.9. The van der Waals surface area contributed by atoms with Crippen LogP contribution in [0.3, 0.4) is 0 Å². The molecule has 3 heterocycles. The van der Waals surface area contributed by atoms with Gasteiger partial charge >= 0.3 is 5.97 Å². The molecule has 1 aromatic carbocycles. The van der Waals surface area contributed by atoms with Crippen molar-refractivity contribution in [3.8, 4) is 11.5 Å². The maximum Gasteiger partial charge on any atom is 0.308 e. The fourth-order valence-electron chi connectivity index (χ4n) is 4.21. The number of rotatable bonds is 2. The molecule has 4 rings (SSSR count). The average molecular weight is 275 g/mol. The molecule has 3 aliphatic rings. The molecule has 5 heteroatoms. The van der Waals surface area contributed by atoms with Gasteiger partial charge in [-0.1, -0.05) is 0 Å². The summed E-state index contributed by atoms with van der Waals surface area (Å²) >= 11 is 0. The lowest BCUT2D eigenvalue weighted by Crippen LogP contribution is -2.36. The van der Waals surface area contributed by atoms with Crippen LogP contribution in [0.1, 0.15) is 30.9 Å². The van der Waals surface area contributed by atoms with Gasteiger partial charge in [0.15, 0.2) is 0 Å². The highest BCUT2D eigenvalue weighted by Crippen LogP contribution is 2.49. The Labute approximate surface area is 116 Å². The fourth-order valence-corrected chi connectivity index (χ4v) is 4.21. The summed E-state index contributed by atoms with van der Waals surface area (Å²) in [6.07, 6.45) is 2.80. The number of phenols is 1. The number of aliphatic carboxylic acids is 1. The number of benzene rings is 1. The number of carboxylic acid groups (broad SMARTS) is 1. The first-order valence-electron chi connectivity index (χ1n) is 7.11. The molecule has 0 spiro atoms. The van der Waals surface area contributed by atoms with E-state index in [0.717, 1.165) is 30.6 Å². The molecule has 0 aliphatic carbocycles. The van der Waals surface area contributed by atoms with Crippen molar-refractivity contribution in [2.24, 2.45) is 5.92 Å². The lowest BCUT2D eigenvalue weighted by atomic mass is 9.89. The minimum Gasteiger partial charge on any atom is -0.508 e. The third-order valence-corrected chi connectivity index (χ3v) is 5.02. The monoisotopic (exact) mass is 275 g/mol. The molecule has 5 nitrogen and oxygen atoms in total. The molecule has 2 saturated heterocycles. The van der Waals surface area contributed by atoms with Crippen LogP contribution in [0.2, 0.25) is 0 Å². The van der Waals surface area contributed by atoms with E-state index < -0.39 is 5.97 Å². The molecule has 2 N–H and O–H groups in total. The first-order chi connectivity index (χ1) is 9.65. The summed E-state index contributed by atoms with van der Waals surface area (Å²) in [4.78, 5) is 13.7. The SMILES string of the molecule is O=C(O)C1CC2CCC1N2C1COc2cc(O)ccc21. The van der Waals surface area contributed by atoms with Crippen LogP contribution in [0.15, 0.2) is 18.2 Å². The molecule has 2 fully saturated rings. The van der Waals surface area contributed by atoms with Gasteiger partial charge in [0.2, 0.25) is 0 Å². The van der Waals surface area contributed by atoms with Crippen LogP contribution < -0.4 is 4.74 Å². The van der Waals surface area contributed by atoms with E-state index in [0.29, 0.717) is 12.6 Å². The van der Waals surface area contributed by atoms with E-state index in [9.17, 15) is 15.0 Å². The molecule has 0 amide bonds. The largest absolute Gasteiger partial charge is 0.508 e. The topological polar surface area (TPSA) is 70.0 Å². The highest BCUT2D eigenvalue weighted by molar-refractivity contribution is 5.72. The fraction of sp³-hybridized carbons (Fsp3) is 0.533. The third kappa shape index (κ3) is 1.56. The summed E-state index contributed by atoms with van der Waals surface area (Å²) in [6.45, 7) is 0.554. The molecule has 0 aromatic heterocycles. The summed E-state index contributed by atoms with van der Waals surface area (Å²) in [6, 6.07) is 5.83. The van der Waals surface area contributed by atoms with Crippen LogP contribution in [0.25, 0.3) is 0 Å². The van der Waals surface area contributed by atoms with E-state index in [1.165, 1.54) is 0 Å². The van der Waals surface area contributed by atoms with Gasteiger partial charge in [-0.2, -0.15) is 0 Å².